The standard InChI is InChI=1S/C21H23N5O2/c1-3-26(4-2)13-5-6-14(19(27)11-13)20-22-9-8-17(25-20)18-12-15-16(24-18)7-10-23-21(15)28/h5-6,8-9,11-12,24,27H,3-4,7,10H2,1-2H3,(H,23,28). The lowest BCUT2D eigenvalue weighted by molar-refractivity contribution is 0.0946. The first-order chi connectivity index (χ1) is 13.6. The molecule has 1 aliphatic heterocycles. The van der Waals surface area contributed by atoms with Crippen molar-refractivity contribution >= 4 is 11.6 Å². The molecule has 144 valence electrons. The van der Waals surface area contributed by atoms with Crippen LogP contribution in [-0.4, -0.2) is 45.6 Å². The zero-order chi connectivity index (χ0) is 19.7. The first kappa shape index (κ1) is 18.0. The largest absolute Gasteiger partial charge is 0.507 e. The van der Waals surface area contributed by atoms with Crippen molar-refractivity contribution in [2.24, 2.45) is 0 Å². The second kappa shape index (κ2) is 7.34. The molecule has 0 saturated carbocycles. The van der Waals surface area contributed by atoms with Crippen LogP contribution in [0.5, 0.6) is 5.75 Å². The Hall–Kier alpha value is -3.35. The van der Waals surface area contributed by atoms with E-state index in [-0.39, 0.29) is 11.7 Å². The second-order valence-corrected chi connectivity index (χ2v) is 6.72. The minimum atomic E-state index is -0.0670. The SMILES string of the molecule is CCN(CC)c1ccc(-c2nccc(-c3cc4c([nH]3)CCNC4=O)n2)c(O)c1. The molecule has 28 heavy (non-hydrogen) atoms. The first-order valence-electron chi connectivity index (χ1n) is 9.52. The molecule has 0 atom stereocenters. The molecule has 7 heteroatoms. The molecule has 7 nitrogen and oxygen atoms in total. The van der Waals surface area contributed by atoms with Gasteiger partial charge in [0.05, 0.1) is 22.5 Å². The fourth-order valence-corrected chi connectivity index (χ4v) is 3.56. The van der Waals surface area contributed by atoms with Gasteiger partial charge in [0.15, 0.2) is 5.82 Å². The number of H-pyrrole nitrogens is 1. The third kappa shape index (κ3) is 3.19. The molecule has 3 N–H and O–H groups in total. The van der Waals surface area contributed by atoms with Crippen molar-refractivity contribution in [2.45, 2.75) is 20.3 Å². The summed E-state index contributed by atoms with van der Waals surface area (Å²) in [6.07, 6.45) is 2.43. The summed E-state index contributed by atoms with van der Waals surface area (Å²) < 4.78 is 0. The van der Waals surface area contributed by atoms with Gasteiger partial charge < -0.3 is 20.3 Å². The highest BCUT2D eigenvalue weighted by atomic mass is 16.3. The van der Waals surface area contributed by atoms with Crippen molar-refractivity contribution in [1.82, 2.24) is 20.3 Å². The van der Waals surface area contributed by atoms with Crippen LogP contribution in [0.1, 0.15) is 29.9 Å². The van der Waals surface area contributed by atoms with E-state index in [0.717, 1.165) is 36.6 Å². The molecule has 0 bridgehead atoms. The van der Waals surface area contributed by atoms with Crippen LogP contribution in [0, 0.1) is 0 Å². The molecule has 1 aliphatic rings. The summed E-state index contributed by atoms with van der Waals surface area (Å²) in [5.74, 6) is 0.521. The van der Waals surface area contributed by atoms with Crippen LogP contribution in [-0.2, 0) is 6.42 Å². The summed E-state index contributed by atoms with van der Waals surface area (Å²) in [6, 6.07) is 9.17. The molecular formula is C21H23N5O2. The number of benzene rings is 1. The number of phenolic OH excluding ortho intramolecular Hbond substituents is 1. The minimum absolute atomic E-state index is 0.0670. The van der Waals surface area contributed by atoms with Crippen molar-refractivity contribution in [3.63, 3.8) is 0 Å². The summed E-state index contributed by atoms with van der Waals surface area (Å²) in [4.78, 5) is 26.4. The van der Waals surface area contributed by atoms with Crippen LogP contribution in [0.4, 0.5) is 5.69 Å². The molecular weight excluding hydrogens is 354 g/mol. The number of hydrogen-bond acceptors (Lipinski definition) is 5. The Morgan fingerprint density at radius 1 is 1.14 bits per heavy atom. The van der Waals surface area contributed by atoms with Gasteiger partial charge >= 0.3 is 0 Å². The number of anilines is 1. The number of nitrogens with one attached hydrogen (secondary N) is 2. The fourth-order valence-electron chi connectivity index (χ4n) is 3.56. The lowest BCUT2D eigenvalue weighted by atomic mass is 10.1. The number of aromatic amines is 1. The van der Waals surface area contributed by atoms with E-state index in [0.29, 0.717) is 29.2 Å². The van der Waals surface area contributed by atoms with Crippen molar-refractivity contribution in [1.29, 1.82) is 0 Å². The van der Waals surface area contributed by atoms with E-state index in [4.69, 9.17) is 0 Å². The van der Waals surface area contributed by atoms with Gasteiger partial charge in [0.25, 0.3) is 5.91 Å². The zero-order valence-corrected chi connectivity index (χ0v) is 16.0. The molecule has 4 rings (SSSR count). The number of phenols is 1. The summed E-state index contributed by atoms with van der Waals surface area (Å²) >= 11 is 0. The minimum Gasteiger partial charge on any atom is -0.507 e. The van der Waals surface area contributed by atoms with E-state index in [1.165, 1.54) is 0 Å². The number of carbonyl (C=O) groups is 1. The van der Waals surface area contributed by atoms with Crippen molar-refractivity contribution in [2.75, 3.05) is 24.5 Å². The van der Waals surface area contributed by atoms with Crippen LogP contribution in [0.25, 0.3) is 22.8 Å². The predicted octanol–water partition coefficient (Wildman–Crippen LogP) is 2.98. The Morgan fingerprint density at radius 2 is 1.96 bits per heavy atom. The highest BCUT2D eigenvalue weighted by Crippen LogP contribution is 2.32. The number of aromatic nitrogens is 3. The molecule has 3 aromatic rings. The van der Waals surface area contributed by atoms with E-state index in [2.05, 4.69) is 39.0 Å². The molecule has 3 heterocycles. The molecule has 1 amide bonds. The van der Waals surface area contributed by atoms with Crippen LogP contribution in [0.15, 0.2) is 36.5 Å². The normalized spacial score (nSPS) is 13.1. The molecule has 0 fully saturated rings. The summed E-state index contributed by atoms with van der Waals surface area (Å²) in [7, 11) is 0. The van der Waals surface area contributed by atoms with E-state index in [9.17, 15) is 9.90 Å². The van der Waals surface area contributed by atoms with E-state index in [1.54, 1.807) is 18.3 Å². The molecule has 2 aromatic heterocycles. The third-order valence-corrected chi connectivity index (χ3v) is 5.09. The number of amides is 1. The van der Waals surface area contributed by atoms with Gasteiger partial charge in [-0.3, -0.25) is 4.79 Å². The van der Waals surface area contributed by atoms with Gasteiger partial charge in [0.1, 0.15) is 5.75 Å². The predicted molar refractivity (Wildman–Crippen MR) is 109 cm³/mol. The summed E-state index contributed by atoms with van der Waals surface area (Å²) in [5, 5.41) is 13.4. The van der Waals surface area contributed by atoms with E-state index in [1.807, 2.05) is 18.2 Å². The topological polar surface area (TPSA) is 94.1 Å². The zero-order valence-electron chi connectivity index (χ0n) is 16.0. The third-order valence-electron chi connectivity index (χ3n) is 5.09. The van der Waals surface area contributed by atoms with Crippen LogP contribution >= 0.6 is 0 Å². The fraction of sp³-hybridized carbons (Fsp3) is 0.286. The Morgan fingerprint density at radius 3 is 2.68 bits per heavy atom. The van der Waals surface area contributed by atoms with Gasteiger partial charge in [-0.25, -0.2) is 9.97 Å². The van der Waals surface area contributed by atoms with Gasteiger partial charge in [0, 0.05) is 49.7 Å². The number of carbonyl (C=O) groups excluding carboxylic acids is 1. The summed E-state index contributed by atoms with van der Waals surface area (Å²) in [6.45, 7) is 6.53. The number of hydrogen-bond donors (Lipinski definition) is 3. The molecule has 0 radical (unpaired) electrons. The van der Waals surface area contributed by atoms with Crippen LogP contribution < -0.4 is 10.2 Å². The Labute approximate surface area is 163 Å². The van der Waals surface area contributed by atoms with Crippen molar-refractivity contribution in [3.05, 3.63) is 47.8 Å². The van der Waals surface area contributed by atoms with Crippen molar-refractivity contribution < 1.29 is 9.90 Å². The van der Waals surface area contributed by atoms with E-state index < -0.39 is 0 Å². The maximum atomic E-state index is 12.0. The lowest BCUT2D eigenvalue weighted by Gasteiger charge is -2.21. The quantitative estimate of drug-likeness (QED) is 0.635. The average Bonchev–Trinajstić information content (AvgIpc) is 3.15. The number of aromatic hydroxyl groups is 1. The van der Waals surface area contributed by atoms with Gasteiger partial charge in [-0.1, -0.05) is 0 Å². The number of fused-ring (bicyclic) bond motifs is 1. The molecule has 1 aromatic carbocycles. The Kier molecular flexibility index (Phi) is 4.73. The first-order valence-corrected chi connectivity index (χ1v) is 9.52. The monoisotopic (exact) mass is 377 g/mol. The van der Waals surface area contributed by atoms with Crippen LogP contribution in [0.2, 0.25) is 0 Å². The molecule has 0 aliphatic carbocycles. The van der Waals surface area contributed by atoms with Gasteiger partial charge in [0.2, 0.25) is 0 Å². The van der Waals surface area contributed by atoms with E-state index >= 15 is 0 Å². The Balaban J connectivity index is 1.69. The highest BCUT2D eigenvalue weighted by Gasteiger charge is 2.21. The number of nitrogens with zero attached hydrogens (tertiary/aromatic N) is 3. The van der Waals surface area contributed by atoms with Crippen LogP contribution in [0.3, 0.4) is 0 Å². The maximum Gasteiger partial charge on any atom is 0.253 e. The average molecular weight is 377 g/mol. The molecule has 0 saturated heterocycles. The number of rotatable bonds is 5. The van der Waals surface area contributed by atoms with Gasteiger partial charge in [-0.15, -0.1) is 0 Å². The molecule has 0 spiro atoms. The molecule has 0 unspecified atom stereocenters. The highest BCUT2D eigenvalue weighted by molar-refractivity contribution is 5.97. The smallest absolute Gasteiger partial charge is 0.253 e. The van der Waals surface area contributed by atoms with Crippen molar-refractivity contribution in [3.8, 4) is 28.5 Å². The summed E-state index contributed by atoms with van der Waals surface area (Å²) in [5.41, 5.74) is 4.57. The Bertz CT molecular complexity index is 1020. The second-order valence-electron chi connectivity index (χ2n) is 6.72. The van der Waals surface area contributed by atoms with Gasteiger partial charge in [-0.2, -0.15) is 0 Å². The van der Waals surface area contributed by atoms with Gasteiger partial charge in [-0.05, 0) is 38.1 Å². The maximum absolute atomic E-state index is 12.0. The lowest BCUT2D eigenvalue weighted by Crippen LogP contribution is -2.31.